The summed E-state index contributed by atoms with van der Waals surface area (Å²) in [6.07, 6.45) is 2.32. The SMILES string of the molecule is CCCCc1cc(F)c(C#Cc2ccc3c(F)c(F)c(F)cc3c2)c(F)c1. The minimum Gasteiger partial charge on any atom is -0.206 e. The molecule has 0 aliphatic rings. The van der Waals surface area contributed by atoms with Crippen LogP contribution in [0.15, 0.2) is 36.4 Å². The lowest BCUT2D eigenvalue weighted by Crippen LogP contribution is -1.95. The monoisotopic (exact) mass is 374 g/mol. The minimum atomic E-state index is -1.55. The summed E-state index contributed by atoms with van der Waals surface area (Å²) in [7, 11) is 0. The van der Waals surface area contributed by atoms with Crippen LogP contribution in [0.2, 0.25) is 0 Å². The topological polar surface area (TPSA) is 0 Å². The highest BCUT2D eigenvalue weighted by Gasteiger charge is 2.13. The summed E-state index contributed by atoms with van der Waals surface area (Å²) in [5.41, 5.74) is 0.490. The van der Waals surface area contributed by atoms with E-state index in [-0.39, 0.29) is 16.3 Å². The smallest absolute Gasteiger partial charge is 0.195 e. The third-order valence-corrected chi connectivity index (χ3v) is 4.23. The molecule has 138 valence electrons. The van der Waals surface area contributed by atoms with Crippen LogP contribution in [0, 0.1) is 40.9 Å². The standard InChI is InChI=1S/C22H15F5/c1-2-3-4-14-10-18(23)17(19(24)11-14)8-6-13-5-7-16-15(9-13)12-20(25)22(27)21(16)26/h5,7,9-12H,2-4H2,1H3. The molecule has 0 nitrogen and oxygen atoms in total. The Morgan fingerprint density at radius 3 is 2.15 bits per heavy atom. The number of fused-ring (bicyclic) bond motifs is 1. The third kappa shape index (κ3) is 3.95. The van der Waals surface area contributed by atoms with Crippen molar-refractivity contribution >= 4 is 10.8 Å². The van der Waals surface area contributed by atoms with Crippen LogP contribution in [-0.4, -0.2) is 0 Å². The summed E-state index contributed by atoms with van der Waals surface area (Å²) in [6, 6.07) is 7.33. The summed E-state index contributed by atoms with van der Waals surface area (Å²) in [4.78, 5) is 0. The van der Waals surface area contributed by atoms with Gasteiger partial charge in [-0.3, -0.25) is 0 Å². The molecular weight excluding hydrogens is 359 g/mol. The van der Waals surface area contributed by atoms with Crippen molar-refractivity contribution in [3.8, 4) is 11.8 Å². The fourth-order valence-corrected chi connectivity index (χ4v) is 2.79. The quantitative estimate of drug-likeness (QED) is 0.288. The average Bonchev–Trinajstić information content (AvgIpc) is 2.63. The molecule has 0 unspecified atom stereocenters. The molecule has 0 spiro atoms. The zero-order valence-electron chi connectivity index (χ0n) is 14.5. The molecule has 0 aromatic heterocycles. The van der Waals surface area contributed by atoms with Gasteiger partial charge in [0.25, 0.3) is 0 Å². The number of rotatable bonds is 3. The molecule has 0 saturated heterocycles. The zero-order chi connectivity index (χ0) is 19.6. The van der Waals surface area contributed by atoms with Gasteiger partial charge in [-0.2, -0.15) is 0 Å². The fourth-order valence-electron chi connectivity index (χ4n) is 2.79. The van der Waals surface area contributed by atoms with Gasteiger partial charge < -0.3 is 0 Å². The van der Waals surface area contributed by atoms with Crippen molar-refractivity contribution in [2.45, 2.75) is 26.2 Å². The molecule has 0 saturated carbocycles. The van der Waals surface area contributed by atoms with Crippen LogP contribution in [0.5, 0.6) is 0 Å². The molecule has 0 heterocycles. The fraction of sp³-hybridized carbons (Fsp3) is 0.182. The molecule has 0 atom stereocenters. The van der Waals surface area contributed by atoms with Crippen LogP contribution in [0.1, 0.15) is 36.5 Å². The molecule has 0 bridgehead atoms. The van der Waals surface area contributed by atoms with Crippen molar-refractivity contribution in [1.82, 2.24) is 0 Å². The first-order valence-corrected chi connectivity index (χ1v) is 8.48. The van der Waals surface area contributed by atoms with Crippen LogP contribution in [0.4, 0.5) is 22.0 Å². The molecule has 0 N–H and O–H groups in total. The lowest BCUT2D eigenvalue weighted by atomic mass is 10.0. The first-order chi connectivity index (χ1) is 12.9. The predicted molar refractivity (Wildman–Crippen MR) is 94.8 cm³/mol. The van der Waals surface area contributed by atoms with Gasteiger partial charge in [0, 0.05) is 10.9 Å². The van der Waals surface area contributed by atoms with E-state index in [9.17, 15) is 22.0 Å². The van der Waals surface area contributed by atoms with Crippen LogP contribution in [0.3, 0.4) is 0 Å². The van der Waals surface area contributed by atoms with Crippen molar-refractivity contribution in [1.29, 1.82) is 0 Å². The average molecular weight is 374 g/mol. The first-order valence-electron chi connectivity index (χ1n) is 8.48. The maximum absolute atomic E-state index is 14.2. The lowest BCUT2D eigenvalue weighted by Gasteiger charge is -2.04. The molecule has 27 heavy (non-hydrogen) atoms. The van der Waals surface area contributed by atoms with Gasteiger partial charge in [0.05, 0.1) is 5.56 Å². The number of hydrogen-bond donors (Lipinski definition) is 0. The Morgan fingerprint density at radius 2 is 1.48 bits per heavy atom. The Morgan fingerprint density at radius 1 is 0.778 bits per heavy atom. The van der Waals surface area contributed by atoms with E-state index in [4.69, 9.17) is 0 Å². The Bertz CT molecular complexity index is 1050. The molecule has 0 amide bonds. The molecule has 3 aromatic rings. The molecule has 0 fully saturated rings. The van der Waals surface area contributed by atoms with E-state index < -0.39 is 29.1 Å². The maximum atomic E-state index is 14.2. The Balaban J connectivity index is 1.97. The number of halogens is 5. The van der Waals surface area contributed by atoms with Gasteiger partial charge in [-0.05, 0) is 54.1 Å². The van der Waals surface area contributed by atoms with Crippen molar-refractivity contribution in [3.05, 3.63) is 82.2 Å². The van der Waals surface area contributed by atoms with Crippen LogP contribution < -0.4 is 0 Å². The van der Waals surface area contributed by atoms with Gasteiger partial charge in [-0.25, -0.2) is 22.0 Å². The number of hydrogen-bond acceptors (Lipinski definition) is 0. The predicted octanol–water partition coefficient (Wildman–Crippen LogP) is 6.28. The minimum absolute atomic E-state index is 0.0999. The van der Waals surface area contributed by atoms with E-state index in [0.29, 0.717) is 17.5 Å². The van der Waals surface area contributed by atoms with Gasteiger partial charge in [-0.1, -0.05) is 31.3 Å². The summed E-state index contributed by atoms with van der Waals surface area (Å²) < 4.78 is 68.7. The van der Waals surface area contributed by atoms with Gasteiger partial charge in [0.2, 0.25) is 0 Å². The zero-order valence-corrected chi connectivity index (χ0v) is 14.5. The van der Waals surface area contributed by atoms with Crippen molar-refractivity contribution < 1.29 is 22.0 Å². The summed E-state index contributed by atoms with van der Waals surface area (Å²) in [5.74, 6) is -0.655. The molecule has 5 heteroatoms. The van der Waals surface area contributed by atoms with Crippen molar-refractivity contribution in [2.75, 3.05) is 0 Å². The normalized spacial score (nSPS) is 10.7. The Labute approximate surface area is 153 Å². The first kappa shape index (κ1) is 18.9. The molecule has 0 radical (unpaired) electrons. The highest BCUT2D eigenvalue weighted by molar-refractivity contribution is 5.84. The highest BCUT2D eigenvalue weighted by Crippen LogP contribution is 2.24. The number of aryl methyl sites for hydroxylation is 1. The molecular formula is C22H15F5. The van der Waals surface area contributed by atoms with Gasteiger partial charge in [0.1, 0.15) is 11.6 Å². The van der Waals surface area contributed by atoms with Crippen molar-refractivity contribution in [3.63, 3.8) is 0 Å². The van der Waals surface area contributed by atoms with Gasteiger partial charge >= 0.3 is 0 Å². The van der Waals surface area contributed by atoms with E-state index in [1.165, 1.54) is 30.3 Å². The van der Waals surface area contributed by atoms with E-state index in [1.54, 1.807) is 0 Å². The van der Waals surface area contributed by atoms with Crippen molar-refractivity contribution in [2.24, 2.45) is 0 Å². The Hall–Kier alpha value is -2.87. The largest absolute Gasteiger partial charge is 0.206 e. The van der Waals surface area contributed by atoms with E-state index in [2.05, 4.69) is 11.8 Å². The second-order valence-corrected chi connectivity index (χ2v) is 6.21. The lowest BCUT2D eigenvalue weighted by molar-refractivity contribution is 0.453. The third-order valence-electron chi connectivity index (χ3n) is 4.23. The highest BCUT2D eigenvalue weighted by atomic mass is 19.2. The summed E-state index contributed by atoms with van der Waals surface area (Å²) in [5, 5.41) is 0.00569. The second kappa shape index (κ2) is 7.79. The van der Waals surface area contributed by atoms with Gasteiger partial charge in [-0.15, -0.1) is 0 Å². The van der Waals surface area contributed by atoms with E-state index in [0.717, 1.165) is 18.9 Å². The van der Waals surface area contributed by atoms with Crippen LogP contribution >= 0.6 is 0 Å². The van der Waals surface area contributed by atoms with Gasteiger partial charge in [0.15, 0.2) is 17.5 Å². The van der Waals surface area contributed by atoms with Crippen LogP contribution in [0.25, 0.3) is 10.8 Å². The Kier molecular flexibility index (Phi) is 5.46. The van der Waals surface area contributed by atoms with Crippen LogP contribution in [-0.2, 0) is 6.42 Å². The molecule has 0 aliphatic carbocycles. The van der Waals surface area contributed by atoms with E-state index in [1.807, 2.05) is 6.92 Å². The molecule has 3 aromatic carbocycles. The number of unbranched alkanes of at least 4 members (excludes halogenated alkanes) is 1. The van der Waals surface area contributed by atoms with E-state index >= 15 is 0 Å². The number of benzene rings is 3. The molecule has 3 rings (SSSR count). The maximum Gasteiger partial charge on any atom is 0.195 e. The summed E-state index contributed by atoms with van der Waals surface area (Å²) >= 11 is 0. The summed E-state index contributed by atoms with van der Waals surface area (Å²) in [6.45, 7) is 1.99. The second-order valence-electron chi connectivity index (χ2n) is 6.21. The molecule has 0 aliphatic heterocycles.